The molecule has 0 unspecified atom stereocenters. The molecule has 1 amide bonds. The van der Waals surface area contributed by atoms with Crippen LogP contribution in [-0.4, -0.2) is 38.6 Å². The molecule has 0 spiro atoms. The number of hydrogen-bond acceptors (Lipinski definition) is 3. The first-order chi connectivity index (χ1) is 11.9. The van der Waals surface area contributed by atoms with Crippen molar-refractivity contribution in [2.24, 2.45) is 0 Å². The molecule has 3 rings (SSSR count). The third kappa shape index (κ3) is 3.82. The predicted molar refractivity (Wildman–Crippen MR) is 94.4 cm³/mol. The van der Waals surface area contributed by atoms with E-state index in [1.165, 1.54) is 21.3 Å². The van der Waals surface area contributed by atoms with Crippen molar-refractivity contribution in [2.45, 2.75) is 13.0 Å². The van der Waals surface area contributed by atoms with E-state index in [1.807, 2.05) is 0 Å². The molecule has 1 aliphatic rings. The lowest BCUT2D eigenvalue weighted by Gasteiger charge is -2.19. The van der Waals surface area contributed by atoms with Crippen molar-refractivity contribution in [1.82, 2.24) is 4.90 Å². The van der Waals surface area contributed by atoms with E-state index >= 15 is 0 Å². The van der Waals surface area contributed by atoms with Crippen LogP contribution in [0.3, 0.4) is 0 Å². The van der Waals surface area contributed by atoms with Crippen LogP contribution in [0.15, 0.2) is 48.5 Å². The zero-order valence-corrected chi connectivity index (χ0v) is 14.7. The number of carbonyl (C=O) groups excluding carboxylic acids is 1. The van der Waals surface area contributed by atoms with Crippen molar-refractivity contribution < 1.29 is 17.6 Å². The van der Waals surface area contributed by atoms with Crippen LogP contribution >= 0.6 is 0 Å². The predicted octanol–water partition coefficient (Wildman–Crippen LogP) is 2.64. The van der Waals surface area contributed by atoms with Crippen LogP contribution in [0.25, 0.3) is 0 Å². The molecule has 2 aromatic rings. The van der Waals surface area contributed by atoms with Gasteiger partial charge in [0.25, 0.3) is 5.91 Å². The van der Waals surface area contributed by atoms with Gasteiger partial charge in [-0.05, 0) is 48.4 Å². The number of halogens is 1. The Morgan fingerprint density at radius 3 is 2.52 bits per heavy atom. The molecule has 132 valence electrons. The molecule has 1 heterocycles. The highest BCUT2D eigenvalue weighted by Crippen LogP contribution is 2.24. The first kappa shape index (κ1) is 17.4. The van der Waals surface area contributed by atoms with Crippen LogP contribution < -0.4 is 4.31 Å². The number of rotatable bonds is 4. The highest BCUT2D eigenvalue weighted by molar-refractivity contribution is 7.93. The van der Waals surface area contributed by atoms with E-state index < -0.39 is 10.0 Å². The van der Waals surface area contributed by atoms with E-state index in [-0.39, 0.29) is 17.5 Å². The standard InChI is InChI=1S/C18H19FN2O3S/c1-20(13-14-4-2-5-16(19)12-14)18(22)15-6-8-17(9-7-15)21-10-3-11-25(21,23)24/h2,4-9,12H,3,10-11,13H2,1H3. The van der Waals surface area contributed by atoms with Gasteiger partial charge >= 0.3 is 0 Å². The highest BCUT2D eigenvalue weighted by atomic mass is 32.2. The second kappa shape index (κ2) is 6.84. The van der Waals surface area contributed by atoms with Gasteiger partial charge in [-0.1, -0.05) is 12.1 Å². The maximum Gasteiger partial charge on any atom is 0.253 e. The monoisotopic (exact) mass is 362 g/mol. The Hall–Kier alpha value is -2.41. The smallest absolute Gasteiger partial charge is 0.253 e. The normalized spacial score (nSPS) is 16.0. The summed E-state index contributed by atoms with van der Waals surface area (Å²) >= 11 is 0. The van der Waals surface area contributed by atoms with Gasteiger partial charge in [-0.15, -0.1) is 0 Å². The van der Waals surface area contributed by atoms with Crippen molar-refractivity contribution in [3.05, 3.63) is 65.5 Å². The van der Waals surface area contributed by atoms with Gasteiger partial charge in [-0.3, -0.25) is 9.10 Å². The van der Waals surface area contributed by atoms with E-state index in [4.69, 9.17) is 0 Å². The molecular weight excluding hydrogens is 343 g/mol. The van der Waals surface area contributed by atoms with Crippen molar-refractivity contribution in [3.63, 3.8) is 0 Å². The molecule has 2 aromatic carbocycles. The first-order valence-corrected chi connectivity index (χ1v) is 9.58. The molecule has 0 aliphatic carbocycles. The number of hydrogen-bond donors (Lipinski definition) is 0. The lowest BCUT2D eigenvalue weighted by molar-refractivity contribution is 0.0785. The zero-order valence-electron chi connectivity index (χ0n) is 13.9. The molecule has 0 saturated carbocycles. The number of nitrogens with zero attached hydrogens (tertiary/aromatic N) is 2. The van der Waals surface area contributed by atoms with Crippen molar-refractivity contribution in [1.29, 1.82) is 0 Å². The average molecular weight is 362 g/mol. The number of benzene rings is 2. The summed E-state index contributed by atoms with van der Waals surface area (Å²) in [5.41, 5.74) is 1.73. The van der Waals surface area contributed by atoms with Crippen LogP contribution in [0.4, 0.5) is 10.1 Å². The van der Waals surface area contributed by atoms with E-state index in [2.05, 4.69) is 0 Å². The largest absolute Gasteiger partial charge is 0.337 e. The van der Waals surface area contributed by atoms with Gasteiger partial charge < -0.3 is 4.90 Å². The van der Waals surface area contributed by atoms with E-state index in [1.54, 1.807) is 43.4 Å². The summed E-state index contributed by atoms with van der Waals surface area (Å²) in [6.07, 6.45) is 0.611. The summed E-state index contributed by atoms with van der Waals surface area (Å²) in [6.45, 7) is 0.758. The Morgan fingerprint density at radius 1 is 1.20 bits per heavy atom. The Morgan fingerprint density at radius 2 is 1.92 bits per heavy atom. The maximum atomic E-state index is 13.2. The Labute approximate surface area is 146 Å². The molecule has 0 radical (unpaired) electrons. The third-order valence-corrected chi connectivity index (χ3v) is 6.03. The Bertz CT molecular complexity index is 881. The molecule has 1 fully saturated rings. The summed E-state index contributed by atoms with van der Waals surface area (Å²) in [7, 11) is -1.59. The third-order valence-electron chi connectivity index (χ3n) is 4.16. The van der Waals surface area contributed by atoms with Gasteiger partial charge in [0.1, 0.15) is 5.82 Å². The molecule has 0 N–H and O–H groups in total. The molecule has 1 aliphatic heterocycles. The number of anilines is 1. The summed E-state index contributed by atoms with van der Waals surface area (Å²) in [5, 5.41) is 0. The van der Waals surface area contributed by atoms with Crippen LogP contribution in [0.1, 0.15) is 22.3 Å². The second-order valence-electron chi connectivity index (χ2n) is 6.08. The minimum absolute atomic E-state index is 0.157. The molecule has 5 nitrogen and oxygen atoms in total. The van der Waals surface area contributed by atoms with Crippen molar-refractivity contribution >= 4 is 21.6 Å². The van der Waals surface area contributed by atoms with Crippen LogP contribution in [0.2, 0.25) is 0 Å². The molecule has 25 heavy (non-hydrogen) atoms. The molecule has 0 bridgehead atoms. The second-order valence-corrected chi connectivity index (χ2v) is 8.09. The quantitative estimate of drug-likeness (QED) is 0.840. The van der Waals surface area contributed by atoms with E-state index in [0.717, 1.165) is 0 Å². The summed E-state index contributed by atoms with van der Waals surface area (Å²) in [5.74, 6) is -0.390. The number of amides is 1. The molecule has 7 heteroatoms. The van der Waals surface area contributed by atoms with Crippen LogP contribution in [0.5, 0.6) is 0 Å². The first-order valence-electron chi connectivity index (χ1n) is 7.97. The maximum absolute atomic E-state index is 13.2. The topological polar surface area (TPSA) is 57.7 Å². The number of sulfonamides is 1. The van der Waals surface area contributed by atoms with Gasteiger partial charge in [0.2, 0.25) is 10.0 Å². The zero-order chi connectivity index (χ0) is 18.0. The van der Waals surface area contributed by atoms with Crippen LogP contribution in [0, 0.1) is 5.82 Å². The Kier molecular flexibility index (Phi) is 4.76. The van der Waals surface area contributed by atoms with Crippen molar-refractivity contribution in [2.75, 3.05) is 23.7 Å². The lowest BCUT2D eigenvalue weighted by atomic mass is 10.1. The van der Waals surface area contributed by atoms with Crippen molar-refractivity contribution in [3.8, 4) is 0 Å². The van der Waals surface area contributed by atoms with Crippen LogP contribution in [-0.2, 0) is 16.6 Å². The Balaban J connectivity index is 1.72. The fourth-order valence-electron chi connectivity index (χ4n) is 2.90. The van der Waals surface area contributed by atoms with Gasteiger partial charge in [0.15, 0.2) is 0 Å². The summed E-state index contributed by atoms with van der Waals surface area (Å²) in [6, 6.07) is 12.6. The minimum Gasteiger partial charge on any atom is -0.337 e. The highest BCUT2D eigenvalue weighted by Gasteiger charge is 2.28. The lowest BCUT2D eigenvalue weighted by Crippen LogP contribution is -2.27. The van der Waals surface area contributed by atoms with Gasteiger partial charge in [0.05, 0.1) is 11.4 Å². The molecule has 0 aromatic heterocycles. The summed E-state index contributed by atoms with van der Waals surface area (Å²) in [4.78, 5) is 14.0. The van der Waals surface area contributed by atoms with Gasteiger partial charge in [0, 0.05) is 25.7 Å². The fourth-order valence-corrected chi connectivity index (χ4v) is 4.47. The minimum atomic E-state index is -3.23. The van der Waals surface area contributed by atoms with Gasteiger partial charge in [-0.25, -0.2) is 12.8 Å². The molecule has 0 atom stereocenters. The van der Waals surface area contributed by atoms with Gasteiger partial charge in [-0.2, -0.15) is 0 Å². The number of carbonyl (C=O) groups is 1. The summed E-state index contributed by atoms with van der Waals surface area (Å²) < 4.78 is 38.5. The molecular formula is C18H19FN2O3S. The molecule has 1 saturated heterocycles. The fraction of sp³-hybridized carbons (Fsp3) is 0.278. The van der Waals surface area contributed by atoms with E-state index in [0.29, 0.717) is 36.3 Å². The SMILES string of the molecule is CN(Cc1cccc(F)c1)C(=O)c1ccc(N2CCCS2(=O)=O)cc1. The van der Waals surface area contributed by atoms with E-state index in [9.17, 15) is 17.6 Å². The average Bonchev–Trinajstić information content (AvgIpc) is 2.93.